The Morgan fingerprint density at radius 3 is 2.43 bits per heavy atom. The molecule has 0 saturated carbocycles. The average Bonchev–Trinajstić information content (AvgIpc) is 2.85. The molecule has 0 atom stereocenters. The maximum atomic E-state index is 13.2. The minimum absolute atomic E-state index is 0.205. The normalized spacial score (nSPS) is 16.5. The fraction of sp³-hybridized carbons (Fsp3) is 0.448. The molecule has 2 aliphatic rings. The van der Waals surface area contributed by atoms with Crippen molar-refractivity contribution in [3.8, 4) is 0 Å². The zero-order valence-electron chi connectivity index (χ0n) is 21.5. The molecule has 2 heterocycles. The number of carbonyl (C=O) groups is 1. The standard InChI is InChI=1S/C29H38N4O2/c1-21(2)24-10-12-25(13-11-24)31-26-14-15-30-28(27(26)29(34)35-22(3)4)33-18-16-32(17-19-33)20-23-8-6-5-7-9-23/h5-6,8,10-15,21-22H,7,9,16-20H2,1-4H3,(H,30,31). The van der Waals surface area contributed by atoms with E-state index < -0.39 is 0 Å². The Morgan fingerprint density at radius 2 is 1.80 bits per heavy atom. The Hall–Kier alpha value is -3.12. The topological polar surface area (TPSA) is 57.7 Å². The summed E-state index contributed by atoms with van der Waals surface area (Å²) in [6.45, 7) is 12.7. The third-order valence-electron chi connectivity index (χ3n) is 6.53. The van der Waals surface area contributed by atoms with Gasteiger partial charge < -0.3 is 15.0 Å². The van der Waals surface area contributed by atoms with Gasteiger partial charge in [-0.1, -0.05) is 49.8 Å². The summed E-state index contributed by atoms with van der Waals surface area (Å²) in [7, 11) is 0. The first-order chi connectivity index (χ1) is 16.9. The number of pyridine rings is 1. The second-order valence-electron chi connectivity index (χ2n) is 9.97. The highest BCUT2D eigenvalue weighted by atomic mass is 16.5. The largest absolute Gasteiger partial charge is 0.459 e. The van der Waals surface area contributed by atoms with Crippen molar-refractivity contribution in [2.24, 2.45) is 0 Å². The van der Waals surface area contributed by atoms with E-state index in [9.17, 15) is 4.79 Å². The third kappa shape index (κ3) is 6.51. The van der Waals surface area contributed by atoms with Crippen molar-refractivity contribution in [3.63, 3.8) is 0 Å². The Bertz CT molecular complexity index is 1060. The van der Waals surface area contributed by atoms with Gasteiger partial charge in [0.25, 0.3) is 0 Å². The smallest absolute Gasteiger partial charge is 0.344 e. The van der Waals surface area contributed by atoms with Crippen LogP contribution < -0.4 is 10.2 Å². The van der Waals surface area contributed by atoms with Crippen molar-refractivity contribution < 1.29 is 9.53 Å². The molecule has 1 N–H and O–H groups in total. The summed E-state index contributed by atoms with van der Waals surface area (Å²) in [5, 5.41) is 3.44. The lowest BCUT2D eigenvalue weighted by Crippen LogP contribution is -2.47. The van der Waals surface area contributed by atoms with Crippen LogP contribution in [0.1, 0.15) is 62.4 Å². The van der Waals surface area contributed by atoms with E-state index >= 15 is 0 Å². The number of anilines is 3. The van der Waals surface area contributed by atoms with Crippen molar-refractivity contribution in [1.29, 1.82) is 0 Å². The van der Waals surface area contributed by atoms with Gasteiger partial charge in [-0.05, 0) is 56.4 Å². The van der Waals surface area contributed by atoms with Gasteiger partial charge in [0.05, 0.1) is 11.8 Å². The number of nitrogens with zero attached hydrogens (tertiary/aromatic N) is 3. The van der Waals surface area contributed by atoms with E-state index in [4.69, 9.17) is 4.74 Å². The van der Waals surface area contributed by atoms with E-state index in [1.807, 2.05) is 19.9 Å². The van der Waals surface area contributed by atoms with Gasteiger partial charge >= 0.3 is 5.97 Å². The molecule has 1 aliphatic carbocycles. The van der Waals surface area contributed by atoms with Crippen LogP contribution in [-0.4, -0.2) is 54.7 Å². The molecule has 1 saturated heterocycles. The number of carbonyl (C=O) groups excluding carboxylic acids is 1. The summed E-state index contributed by atoms with van der Waals surface area (Å²) in [5.74, 6) is 0.822. The predicted molar refractivity (Wildman–Crippen MR) is 144 cm³/mol. The van der Waals surface area contributed by atoms with E-state index in [1.165, 1.54) is 11.1 Å². The fourth-order valence-electron chi connectivity index (χ4n) is 4.56. The van der Waals surface area contributed by atoms with Crippen LogP contribution in [0.3, 0.4) is 0 Å². The highest BCUT2D eigenvalue weighted by molar-refractivity contribution is 6.01. The summed E-state index contributed by atoms with van der Waals surface area (Å²) in [6, 6.07) is 10.2. The van der Waals surface area contributed by atoms with E-state index in [-0.39, 0.29) is 12.1 Å². The van der Waals surface area contributed by atoms with Gasteiger partial charge in [-0.15, -0.1) is 0 Å². The SMILES string of the molecule is CC(C)OC(=O)c1c(Nc2ccc(C(C)C)cc2)ccnc1N1CCN(CC2=CC=CCC2)CC1. The molecule has 1 fully saturated rings. The first-order valence-electron chi connectivity index (χ1n) is 12.8. The minimum atomic E-state index is -0.342. The van der Waals surface area contributed by atoms with Crippen LogP contribution >= 0.6 is 0 Å². The van der Waals surface area contributed by atoms with Crippen molar-refractivity contribution in [2.75, 3.05) is 42.9 Å². The monoisotopic (exact) mass is 474 g/mol. The number of benzene rings is 1. The lowest BCUT2D eigenvalue weighted by Gasteiger charge is -2.36. The molecule has 1 aliphatic heterocycles. The Balaban J connectivity index is 1.54. The Kier molecular flexibility index (Phi) is 8.24. The van der Waals surface area contributed by atoms with Crippen LogP contribution in [0.25, 0.3) is 0 Å². The zero-order valence-corrected chi connectivity index (χ0v) is 21.5. The van der Waals surface area contributed by atoms with Gasteiger partial charge in [0.1, 0.15) is 11.4 Å². The summed E-state index contributed by atoms with van der Waals surface area (Å²) >= 11 is 0. The molecule has 35 heavy (non-hydrogen) atoms. The molecule has 4 rings (SSSR count). The third-order valence-corrected chi connectivity index (χ3v) is 6.53. The summed E-state index contributed by atoms with van der Waals surface area (Å²) in [6.07, 6.45) is 10.5. The first kappa shape index (κ1) is 25.0. The van der Waals surface area contributed by atoms with Crippen LogP contribution in [0, 0.1) is 0 Å². The zero-order chi connectivity index (χ0) is 24.8. The van der Waals surface area contributed by atoms with Gasteiger partial charge in [0.2, 0.25) is 0 Å². The van der Waals surface area contributed by atoms with Crippen molar-refractivity contribution in [2.45, 2.75) is 52.6 Å². The van der Waals surface area contributed by atoms with Gasteiger partial charge in [-0.2, -0.15) is 0 Å². The predicted octanol–water partition coefficient (Wildman–Crippen LogP) is 5.91. The van der Waals surface area contributed by atoms with E-state index in [2.05, 4.69) is 76.4 Å². The summed E-state index contributed by atoms with van der Waals surface area (Å²) in [4.78, 5) is 22.6. The number of nitrogens with one attached hydrogen (secondary N) is 1. The molecule has 0 unspecified atom stereocenters. The molecule has 0 bridgehead atoms. The molecular weight excluding hydrogens is 436 g/mol. The first-order valence-corrected chi connectivity index (χ1v) is 12.8. The average molecular weight is 475 g/mol. The molecule has 0 spiro atoms. The molecule has 6 nitrogen and oxygen atoms in total. The van der Waals surface area contributed by atoms with Gasteiger partial charge in [0, 0.05) is 44.6 Å². The lowest BCUT2D eigenvalue weighted by atomic mass is 10.0. The number of allylic oxidation sites excluding steroid dienone is 3. The van der Waals surface area contributed by atoms with Crippen molar-refractivity contribution >= 4 is 23.2 Å². The number of hydrogen-bond acceptors (Lipinski definition) is 6. The highest BCUT2D eigenvalue weighted by Crippen LogP contribution is 2.30. The second-order valence-corrected chi connectivity index (χ2v) is 9.97. The lowest BCUT2D eigenvalue weighted by molar-refractivity contribution is 0.0379. The van der Waals surface area contributed by atoms with Crippen LogP contribution in [0.15, 0.2) is 60.3 Å². The number of aromatic nitrogens is 1. The maximum absolute atomic E-state index is 13.2. The van der Waals surface area contributed by atoms with Crippen LogP contribution in [0.2, 0.25) is 0 Å². The summed E-state index contributed by atoms with van der Waals surface area (Å²) in [5.41, 5.74) is 4.94. The second kappa shape index (κ2) is 11.5. The molecule has 0 amide bonds. The van der Waals surface area contributed by atoms with Crippen molar-refractivity contribution in [1.82, 2.24) is 9.88 Å². The molecule has 1 aromatic carbocycles. The molecule has 2 aromatic rings. The van der Waals surface area contributed by atoms with Crippen molar-refractivity contribution in [3.05, 3.63) is 71.5 Å². The molecule has 1 aromatic heterocycles. The Labute approximate surface area is 209 Å². The van der Waals surface area contributed by atoms with Crippen LogP contribution in [-0.2, 0) is 4.74 Å². The minimum Gasteiger partial charge on any atom is -0.459 e. The number of hydrogen-bond donors (Lipinski definition) is 1. The van der Waals surface area contributed by atoms with Gasteiger partial charge in [0.15, 0.2) is 0 Å². The molecule has 6 heteroatoms. The fourth-order valence-corrected chi connectivity index (χ4v) is 4.56. The van der Waals surface area contributed by atoms with Gasteiger partial charge in [-0.3, -0.25) is 4.90 Å². The molecular formula is C29H38N4O2. The van der Waals surface area contributed by atoms with E-state index in [1.54, 1.807) is 6.20 Å². The number of esters is 1. The van der Waals surface area contributed by atoms with E-state index in [0.717, 1.165) is 56.9 Å². The quantitative estimate of drug-likeness (QED) is 0.480. The highest BCUT2D eigenvalue weighted by Gasteiger charge is 2.27. The van der Waals surface area contributed by atoms with Crippen LogP contribution in [0.5, 0.6) is 0 Å². The summed E-state index contributed by atoms with van der Waals surface area (Å²) < 4.78 is 5.65. The number of piperazine rings is 1. The number of rotatable bonds is 8. The molecule has 186 valence electrons. The van der Waals surface area contributed by atoms with Gasteiger partial charge in [-0.25, -0.2) is 9.78 Å². The molecule has 0 radical (unpaired) electrons. The Morgan fingerprint density at radius 1 is 1.06 bits per heavy atom. The number of ether oxygens (including phenoxy) is 1. The maximum Gasteiger partial charge on any atom is 0.344 e. The van der Waals surface area contributed by atoms with Crippen LogP contribution in [0.4, 0.5) is 17.2 Å². The van der Waals surface area contributed by atoms with E-state index in [0.29, 0.717) is 17.3 Å².